The molecule has 2 N–H and O–H groups in total. The fraction of sp³-hybridized carbons (Fsp3) is 0.895. The van der Waals surface area contributed by atoms with Crippen LogP contribution in [-0.2, 0) is 9.59 Å². The molecule has 0 saturated carbocycles. The summed E-state index contributed by atoms with van der Waals surface area (Å²) in [7, 11) is 0. The maximum Gasteiger partial charge on any atom is 0.309 e. The van der Waals surface area contributed by atoms with E-state index in [1.165, 1.54) is 0 Å². The zero-order chi connectivity index (χ0) is 17.7. The lowest BCUT2D eigenvalue weighted by Crippen LogP contribution is -2.30. The van der Waals surface area contributed by atoms with Gasteiger partial charge in [-0.2, -0.15) is 0 Å². The van der Waals surface area contributed by atoms with Crippen LogP contribution in [0.2, 0.25) is 0 Å². The van der Waals surface area contributed by atoms with Gasteiger partial charge in [0, 0.05) is 6.42 Å². The molecular weight excluding hydrogens is 292 g/mol. The summed E-state index contributed by atoms with van der Waals surface area (Å²) in [5.41, 5.74) is -0.585. The van der Waals surface area contributed by atoms with Gasteiger partial charge in [0.2, 0.25) is 0 Å². The quantitative estimate of drug-likeness (QED) is 0.389. The van der Waals surface area contributed by atoms with Gasteiger partial charge in [-0.3, -0.25) is 9.59 Å². The molecule has 0 aliphatic heterocycles. The van der Waals surface area contributed by atoms with Crippen LogP contribution in [0.3, 0.4) is 0 Å². The first kappa shape index (κ1) is 21.9. The molecule has 0 fully saturated rings. The predicted molar refractivity (Wildman–Crippen MR) is 93.6 cm³/mol. The van der Waals surface area contributed by atoms with Crippen LogP contribution in [-0.4, -0.2) is 22.2 Å². The summed E-state index contributed by atoms with van der Waals surface area (Å²) in [5, 5.41) is 18.1. The Bertz CT molecular complexity index is 336. The second-order valence-electron chi connectivity index (χ2n) is 7.12. The average molecular weight is 328 g/mol. The number of carbonyl (C=O) groups is 2. The van der Waals surface area contributed by atoms with Crippen molar-refractivity contribution in [2.75, 3.05) is 0 Å². The number of hydrogen-bond acceptors (Lipinski definition) is 2. The molecule has 4 nitrogen and oxygen atoms in total. The normalized spacial score (nSPS) is 13.9. The van der Waals surface area contributed by atoms with Crippen LogP contribution >= 0.6 is 0 Å². The zero-order valence-corrected chi connectivity index (χ0v) is 15.3. The third kappa shape index (κ3) is 10.4. The Morgan fingerprint density at radius 1 is 0.870 bits per heavy atom. The van der Waals surface area contributed by atoms with E-state index < -0.39 is 17.4 Å². The molecule has 136 valence electrons. The first-order valence-corrected chi connectivity index (χ1v) is 9.31. The van der Waals surface area contributed by atoms with Crippen LogP contribution in [0.4, 0.5) is 0 Å². The van der Waals surface area contributed by atoms with E-state index in [4.69, 9.17) is 5.11 Å². The lowest BCUT2D eigenvalue weighted by molar-refractivity contribution is -0.149. The molecule has 1 atom stereocenters. The van der Waals surface area contributed by atoms with E-state index in [1.54, 1.807) is 0 Å². The smallest absolute Gasteiger partial charge is 0.309 e. The van der Waals surface area contributed by atoms with Crippen molar-refractivity contribution in [3.8, 4) is 0 Å². The van der Waals surface area contributed by atoms with Gasteiger partial charge in [-0.05, 0) is 32.1 Å². The summed E-state index contributed by atoms with van der Waals surface area (Å²) in [4.78, 5) is 22.0. The lowest BCUT2D eigenvalue weighted by atomic mass is 9.75. The number of carboxylic acid groups (broad SMARTS) is 2. The third-order valence-electron chi connectivity index (χ3n) is 5.03. The molecule has 4 heteroatoms. The Labute approximate surface area is 141 Å². The standard InChI is InChI=1S/C19H36O4/c1-4-16(5-2)15-19(3,18(22)23)14-12-10-8-6-7-9-11-13-17(20)21/h16H,4-15H2,1-3H3,(H,20,21)(H,22,23). The SMILES string of the molecule is CCC(CC)CC(C)(CCCCCCCCCC(=O)O)C(=O)O. The summed E-state index contributed by atoms with van der Waals surface area (Å²) in [5.74, 6) is -0.862. The van der Waals surface area contributed by atoms with E-state index in [0.29, 0.717) is 5.92 Å². The van der Waals surface area contributed by atoms with E-state index in [0.717, 1.165) is 70.6 Å². The molecule has 23 heavy (non-hydrogen) atoms. The molecule has 0 bridgehead atoms. The van der Waals surface area contributed by atoms with E-state index in [-0.39, 0.29) is 6.42 Å². The fourth-order valence-electron chi connectivity index (χ4n) is 3.19. The second kappa shape index (κ2) is 12.4. The van der Waals surface area contributed by atoms with Crippen molar-refractivity contribution in [1.29, 1.82) is 0 Å². The molecule has 0 aliphatic rings. The molecule has 0 radical (unpaired) electrons. The summed E-state index contributed by atoms with van der Waals surface area (Å²) >= 11 is 0. The molecule has 0 aromatic rings. The van der Waals surface area contributed by atoms with Crippen LogP contribution in [0, 0.1) is 11.3 Å². The molecule has 0 saturated heterocycles. The molecule has 0 spiro atoms. The Morgan fingerprint density at radius 2 is 1.35 bits per heavy atom. The van der Waals surface area contributed by atoms with Gasteiger partial charge in [0.15, 0.2) is 0 Å². The number of hydrogen-bond donors (Lipinski definition) is 2. The topological polar surface area (TPSA) is 74.6 Å². The van der Waals surface area contributed by atoms with Crippen LogP contribution < -0.4 is 0 Å². The maximum absolute atomic E-state index is 11.6. The zero-order valence-electron chi connectivity index (χ0n) is 15.3. The van der Waals surface area contributed by atoms with Gasteiger partial charge in [0.25, 0.3) is 0 Å². The Balaban J connectivity index is 3.88. The van der Waals surface area contributed by atoms with Crippen molar-refractivity contribution >= 4 is 11.9 Å². The highest BCUT2D eigenvalue weighted by molar-refractivity contribution is 5.74. The van der Waals surface area contributed by atoms with Gasteiger partial charge in [-0.25, -0.2) is 0 Å². The van der Waals surface area contributed by atoms with Crippen molar-refractivity contribution in [3.05, 3.63) is 0 Å². The monoisotopic (exact) mass is 328 g/mol. The van der Waals surface area contributed by atoms with Gasteiger partial charge >= 0.3 is 11.9 Å². The van der Waals surface area contributed by atoms with Crippen LogP contribution in [0.25, 0.3) is 0 Å². The molecule has 1 unspecified atom stereocenters. The van der Waals surface area contributed by atoms with Crippen molar-refractivity contribution in [2.45, 2.75) is 97.8 Å². The van der Waals surface area contributed by atoms with Gasteiger partial charge in [-0.15, -0.1) is 0 Å². The first-order chi connectivity index (χ1) is 10.9. The fourth-order valence-corrected chi connectivity index (χ4v) is 3.19. The summed E-state index contributed by atoms with van der Waals surface area (Å²) in [6.45, 7) is 6.18. The lowest BCUT2D eigenvalue weighted by Gasteiger charge is -2.29. The number of aliphatic carboxylic acids is 2. The van der Waals surface area contributed by atoms with Crippen molar-refractivity contribution < 1.29 is 19.8 Å². The molecule has 0 aliphatic carbocycles. The first-order valence-electron chi connectivity index (χ1n) is 9.31. The molecule has 0 amide bonds. The largest absolute Gasteiger partial charge is 0.481 e. The van der Waals surface area contributed by atoms with Crippen molar-refractivity contribution in [2.24, 2.45) is 11.3 Å². The van der Waals surface area contributed by atoms with E-state index in [2.05, 4.69) is 13.8 Å². The maximum atomic E-state index is 11.6. The van der Waals surface area contributed by atoms with Crippen LogP contribution in [0.1, 0.15) is 97.8 Å². The highest BCUT2D eigenvalue weighted by Gasteiger charge is 2.34. The third-order valence-corrected chi connectivity index (χ3v) is 5.03. The van der Waals surface area contributed by atoms with Gasteiger partial charge < -0.3 is 10.2 Å². The molecule has 0 rings (SSSR count). The van der Waals surface area contributed by atoms with Crippen LogP contribution in [0.5, 0.6) is 0 Å². The molecule has 0 aromatic heterocycles. The Morgan fingerprint density at radius 3 is 1.78 bits per heavy atom. The number of carboxylic acids is 2. The van der Waals surface area contributed by atoms with E-state index >= 15 is 0 Å². The minimum Gasteiger partial charge on any atom is -0.481 e. The minimum absolute atomic E-state index is 0.271. The highest BCUT2D eigenvalue weighted by atomic mass is 16.4. The van der Waals surface area contributed by atoms with Gasteiger partial charge in [0.05, 0.1) is 5.41 Å². The van der Waals surface area contributed by atoms with Crippen molar-refractivity contribution in [3.63, 3.8) is 0 Å². The summed E-state index contributed by atoms with van der Waals surface area (Å²) in [6.07, 6.45) is 11.0. The average Bonchev–Trinajstić information content (AvgIpc) is 2.50. The molecule has 0 heterocycles. The highest BCUT2D eigenvalue weighted by Crippen LogP contribution is 2.35. The van der Waals surface area contributed by atoms with Crippen molar-refractivity contribution in [1.82, 2.24) is 0 Å². The van der Waals surface area contributed by atoms with Gasteiger partial charge in [0.1, 0.15) is 0 Å². The minimum atomic E-state index is -0.713. The van der Waals surface area contributed by atoms with Crippen LogP contribution in [0.15, 0.2) is 0 Å². The number of rotatable bonds is 15. The Hall–Kier alpha value is -1.06. The van der Waals surface area contributed by atoms with Gasteiger partial charge in [-0.1, -0.05) is 65.2 Å². The Kier molecular flexibility index (Phi) is 11.8. The number of unbranched alkanes of at least 4 members (excludes halogenated alkanes) is 6. The molecule has 0 aromatic carbocycles. The van der Waals surface area contributed by atoms with E-state index in [9.17, 15) is 14.7 Å². The summed E-state index contributed by atoms with van der Waals surface area (Å²) in [6, 6.07) is 0. The second-order valence-corrected chi connectivity index (χ2v) is 7.12. The van der Waals surface area contributed by atoms with E-state index in [1.807, 2.05) is 6.92 Å². The predicted octanol–water partition coefficient (Wildman–Crippen LogP) is 5.50. The molecular formula is C19H36O4. The summed E-state index contributed by atoms with van der Waals surface area (Å²) < 4.78 is 0.